The van der Waals surface area contributed by atoms with Gasteiger partial charge in [0, 0.05) is 36.6 Å². The lowest BCUT2D eigenvalue weighted by Gasteiger charge is -2.32. The fourth-order valence-electron chi connectivity index (χ4n) is 3.44. The zero-order valence-corrected chi connectivity index (χ0v) is 18.2. The number of hydrogen-bond donors (Lipinski definition) is 2. The first-order valence-electron chi connectivity index (χ1n) is 10.2. The van der Waals surface area contributed by atoms with Gasteiger partial charge < -0.3 is 15.5 Å². The molecule has 6 nitrogen and oxygen atoms in total. The maximum Gasteiger partial charge on any atom is 0.319 e. The molecule has 3 amide bonds. The highest BCUT2D eigenvalue weighted by molar-refractivity contribution is 7.09. The molecular weight excluding hydrogens is 384 g/mol. The van der Waals surface area contributed by atoms with Crippen LogP contribution in [0.2, 0.25) is 0 Å². The Labute approximate surface area is 176 Å². The molecule has 29 heavy (non-hydrogen) atoms. The summed E-state index contributed by atoms with van der Waals surface area (Å²) in [6, 6.07) is 7.50. The Balaban J connectivity index is 1.45. The van der Waals surface area contributed by atoms with Crippen molar-refractivity contribution in [2.45, 2.75) is 46.0 Å². The topological polar surface area (TPSA) is 74.3 Å². The van der Waals surface area contributed by atoms with Crippen molar-refractivity contribution in [3.8, 4) is 0 Å². The van der Waals surface area contributed by atoms with Crippen LogP contribution >= 0.6 is 11.3 Å². The van der Waals surface area contributed by atoms with Gasteiger partial charge in [-0.05, 0) is 37.8 Å². The summed E-state index contributed by atoms with van der Waals surface area (Å²) < 4.78 is 0. The highest BCUT2D eigenvalue weighted by Crippen LogP contribution is 2.21. The first kappa shape index (κ1) is 21.3. The number of nitrogens with zero attached hydrogens (tertiary/aromatic N) is 2. The molecule has 2 aromatic rings. The van der Waals surface area contributed by atoms with Crippen LogP contribution in [0, 0.1) is 12.8 Å². The molecule has 7 heteroatoms. The summed E-state index contributed by atoms with van der Waals surface area (Å²) in [5.74, 6) is 0.790. The van der Waals surface area contributed by atoms with Gasteiger partial charge in [-0.3, -0.25) is 4.79 Å². The molecule has 0 saturated carbocycles. The Bertz CT molecular complexity index is 832. The number of aryl methyl sites for hydroxylation is 1. The van der Waals surface area contributed by atoms with Crippen LogP contribution in [0.5, 0.6) is 0 Å². The highest BCUT2D eigenvalue weighted by Gasteiger charge is 2.24. The van der Waals surface area contributed by atoms with Gasteiger partial charge >= 0.3 is 6.03 Å². The van der Waals surface area contributed by atoms with Crippen molar-refractivity contribution < 1.29 is 9.59 Å². The molecule has 1 atom stereocenters. The summed E-state index contributed by atoms with van der Waals surface area (Å²) in [5, 5.41) is 8.86. The van der Waals surface area contributed by atoms with Gasteiger partial charge in [0.15, 0.2) is 0 Å². The van der Waals surface area contributed by atoms with E-state index >= 15 is 0 Å². The van der Waals surface area contributed by atoms with Crippen LogP contribution in [0.4, 0.5) is 10.5 Å². The molecule has 0 aliphatic carbocycles. The minimum atomic E-state index is -0.207. The van der Waals surface area contributed by atoms with Gasteiger partial charge in [0.1, 0.15) is 0 Å². The maximum atomic E-state index is 12.7. The number of benzene rings is 1. The third-order valence-electron chi connectivity index (χ3n) is 5.13. The minimum absolute atomic E-state index is 0.124. The smallest absolute Gasteiger partial charge is 0.319 e. The van der Waals surface area contributed by atoms with Crippen molar-refractivity contribution in [1.82, 2.24) is 15.2 Å². The van der Waals surface area contributed by atoms with E-state index in [1.165, 1.54) is 0 Å². The van der Waals surface area contributed by atoms with Gasteiger partial charge in [-0.15, -0.1) is 11.3 Å². The van der Waals surface area contributed by atoms with Crippen molar-refractivity contribution >= 4 is 29.0 Å². The monoisotopic (exact) mass is 414 g/mol. The normalized spacial score (nSPS) is 16.7. The van der Waals surface area contributed by atoms with E-state index in [-0.39, 0.29) is 17.9 Å². The number of carbonyl (C=O) groups excluding carboxylic acids is 2. The summed E-state index contributed by atoms with van der Waals surface area (Å²) >= 11 is 1.62. The Morgan fingerprint density at radius 2 is 2.03 bits per heavy atom. The van der Waals surface area contributed by atoms with Crippen molar-refractivity contribution in [2.24, 2.45) is 5.92 Å². The maximum absolute atomic E-state index is 12.7. The van der Waals surface area contributed by atoms with Crippen LogP contribution in [0.1, 0.15) is 48.9 Å². The van der Waals surface area contributed by atoms with E-state index in [0.29, 0.717) is 25.4 Å². The number of hydrogen-bond acceptors (Lipinski definition) is 4. The molecule has 1 aromatic heterocycles. The highest BCUT2D eigenvalue weighted by atomic mass is 32.1. The van der Waals surface area contributed by atoms with E-state index in [4.69, 9.17) is 0 Å². The zero-order chi connectivity index (χ0) is 20.8. The van der Waals surface area contributed by atoms with Crippen molar-refractivity contribution in [1.29, 1.82) is 0 Å². The molecule has 3 rings (SSSR count). The molecular formula is C22H30N4O2S. The minimum Gasteiger partial charge on any atom is -0.342 e. The Morgan fingerprint density at radius 1 is 1.28 bits per heavy atom. The number of amides is 3. The molecule has 1 fully saturated rings. The number of anilines is 1. The lowest BCUT2D eigenvalue weighted by atomic mass is 9.97. The van der Waals surface area contributed by atoms with Gasteiger partial charge in [-0.2, -0.15) is 0 Å². The number of carbonyl (C=O) groups is 2. The van der Waals surface area contributed by atoms with E-state index in [0.717, 1.165) is 41.3 Å². The van der Waals surface area contributed by atoms with Crippen LogP contribution < -0.4 is 10.6 Å². The molecule has 0 spiro atoms. The van der Waals surface area contributed by atoms with Crippen LogP contribution in [0.3, 0.4) is 0 Å². The molecule has 2 N–H and O–H groups in total. The predicted molar refractivity (Wildman–Crippen MR) is 117 cm³/mol. The molecule has 0 bridgehead atoms. The Kier molecular flexibility index (Phi) is 7.25. The van der Waals surface area contributed by atoms with E-state index < -0.39 is 0 Å². The van der Waals surface area contributed by atoms with E-state index in [1.807, 2.05) is 41.5 Å². The molecule has 1 unspecified atom stereocenters. The van der Waals surface area contributed by atoms with Gasteiger partial charge in [-0.1, -0.05) is 31.5 Å². The average molecular weight is 415 g/mol. The van der Waals surface area contributed by atoms with Crippen molar-refractivity contribution in [3.05, 3.63) is 45.9 Å². The second kappa shape index (κ2) is 9.87. The number of likely N-dealkylation sites (tertiary alicyclic amines) is 1. The largest absolute Gasteiger partial charge is 0.342 e. The summed E-state index contributed by atoms with van der Waals surface area (Å²) in [6.45, 7) is 8.27. The summed E-state index contributed by atoms with van der Waals surface area (Å²) in [5.41, 5.74) is 2.79. The molecule has 2 heterocycles. The van der Waals surface area contributed by atoms with E-state index in [1.54, 1.807) is 11.3 Å². The average Bonchev–Trinajstić information content (AvgIpc) is 3.17. The second-order valence-electron chi connectivity index (χ2n) is 8.06. The molecule has 1 aliphatic rings. The van der Waals surface area contributed by atoms with Crippen LogP contribution in [-0.4, -0.2) is 41.5 Å². The van der Waals surface area contributed by atoms with Gasteiger partial charge in [0.25, 0.3) is 0 Å². The molecule has 1 aromatic carbocycles. The van der Waals surface area contributed by atoms with Crippen molar-refractivity contribution in [3.63, 3.8) is 0 Å². The third-order valence-corrected chi connectivity index (χ3v) is 6.32. The second-order valence-corrected chi connectivity index (χ2v) is 8.95. The van der Waals surface area contributed by atoms with E-state index in [2.05, 4.69) is 29.5 Å². The predicted octanol–water partition coefficient (Wildman–Crippen LogP) is 4.18. The SMILES string of the molecule is Cc1ccc(NC(=O)NCC2CCCN(C(=O)Cc3csc(C(C)C)n3)C2)cc1. The number of rotatable bonds is 6. The van der Waals surface area contributed by atoms with Crippen molar-refractivity contribution in [2.75, 3.05) is 25.0 Å². The quantitative estimate of drug-likeness (QED) is 0.745. The molecule has 1 aliphatic heterocycles. The fraction of sp³-hybridized carbons (Fsp3) is 0.500. The number of aromatic nitrogens is 1. The summed E-state index contributed by atoms with van der Waals surface area (Å²) in [6.07, 6.45) is 2.34. The zero-order valence-electron chi connectivity index (χ0n) is 17.4. The first-order valence-corrected chi connectivity index (χ1v) is 11.1. The third kappa shape index (κ3) is 6.29. The number of nitrogens with one attached hydrogen (secondary N) is 2. The number of urea groups is 1. The van der Waals surface area contributed by atoms with E-state index in [9.17, 15) is 9.59 Å². The molecule has 1 saturated heterocycles. The van der Waals surface area contributed by atoms with Crippen LogP contribution in [0.15, 0.2) is 29.6 Å². The fourth-order valence-corrected chi connectivity index (χ4v) is 4.28. The van der Waals surface area contributed by atoms with Gasteiger partial charge in [-0.25, -0.2) is 9.78 Å². The summed E-state index contributed by atoms with van der Waals surface area (Å²) in [7, 11) is 0. The lowest BCUT2D eigenvalue weighted by molar-refractivity contribution is -0.132. The van der Waals surface area contributed by atoms with Crippen LogP contribution in [0.25, 0.3) is 0 Å². The first-order chi connectivity index (χ1) is 13.9. The molecule has 156 valence electrons. The van der Waals surface area contributed by atoms with Gasteiger partial charge in [0.2, 0.25) is 5.91 Å². The standard InChI is InChI=1S/C22H30N4O2S/c1-15(2)21-24-19(14-29-21)11-20(27)26-10-4-5-17(13-26)12-23-22(28)25-18-8-6-16(3)7-9-18/h6-9,14-15,17H,4-5,10-13H2,1-3H3,(H2,23,25,28). The lowest BCUT2D eigenvalue weighted by Crippen LogP contribution is -2.44. The van der Waals surface area contributed by atoms with Crippen LogP contribution in [-0.2, 0) is 11.2 Å². The summed E-state index contributed by atoms with van der Waals surface area (Å²) in [4.78, 5) is 31.3. The number of piperidine rings is 1. The Morgan fingerprint density at radius 3 is 2.72 bits per heavy atom. The molecule has 0 radical (unpaired) electrons. The number of thiazole rings is 1. The Hall–Kier alpha value is -2.41. The van der Waals surface area contributed by atoms with Gasteiger partial charge in [0.05, 0.1) is 17.1 Å².